The minimum atomic E-state index is 0.0936. The highest BCUT2D eigenvalue weighted by Crippen LogP contribution is 2.27. The molecule has 0 amide bonds. The number of ether oxygens (including phenoxy) is 1. The van der Waals surface area contributed by atoms with Gasteiger partial charge >= 0.3 is 0 Å². The molecule has 0 radical (unpaired) electrons. The average molecular weight is 378 g/mol. The standard InChI is InChI=1S/C18H23N3O2S2/c1-5-15-14(13-8-6-7-9-16(13)23-15)10-20(4)11-21-18(24)25-17(19-21)22-12(2)3/h6-9,12H,5,10-11H2,1-4H3. The lowest BCUT2D eigenvalue weighted by Gasteiger charge is -2.16. The predicted octanol–water partition coefficient (Wildman–Crippen LogP) is 4.86. The lowest BCUT2D eigenvalue weighted by Crippen LogP contribution is -2.23. The quantitative estimate of drug-likeness (QED) is 0.550. The Labute approximate surface area is 156 Å². The van der Waals surface area contributed by atoms with E-state index in [-0.39, 0.29) is 6.10 Å². The topological polar surface area (TPSA) is 43.4 Å². The van der Waals surface area contributed by atoms with E-state index >= 15 is 0 Å². The summed E-state index contributed by atoms with van der Waals surface area (Å²) in [7, 11) is 2.06. The van der Waals surface area contributed by atoms with E-state index < -0.39 is 0 Å². The smallest absolute Gasteiger partial charge is 0.293 e. The summed E-state index contributed by atoms with van der Waals surface area (Å²) >= 11 is 6.81. The highest BCUT2D eigenvalue weighted by atomic mass is 32.1. The van der Waals surface area contributed by atoms with Crippen LogP contribution < -0.4 is 4.74 Å². The third-order valence-corrected chi connectivity index (χ3v) is 5.03. The van der Waals surface area contributed by atoms with E-state index in [1.165, 1.54) is 22.3 Å². The van der Waals surface area contributed by atoms with Crippen LogP contribution in [0.5, 0.6) is 5.19 Å². The van der Waals surface area contributed by atoms with Gasteiger partial charge in [-0.15, -0.1) is 5.10 Å². The van der Waals surface area contributed by atoms with Crippen LogP contribution in [-0.4, -0.2) is 27.8 Å². The van der Waals surface area contributed by atoms with Gasteiger partial charge < -0.3 is 9.15 Å². The fourth-order valence-corrected chi connectivity index (χ4v) is 3.83. The number of nitrogens with zero attached hydrogens (tertiary/aromatic N) is 3. The Kier molecular flexibility index (Phi) is 5.56. The maximum Gasteiger partial charge on any atom is 0.293 e. The minimum absolute atomic E-state index is 0.0936. The maximum absolute atomic E-state index is 5.98. The van der Waals surface area contributed by atoms with Crippen molar-refractivity contribution in [3.05, 3.63) is 39.5 Å². The van der Waals surface area contributed by atoms with Crippen molar-refractivity contribution in [2.24, 2.45) is 0 Å². The molecule has 5 nitrogen and oxygen atoms in total. The van der Waals surface area contributed by atoms with Gasteiger partial charge in [-0.2, -0.15) is 0 Å². The number of furan rings is 1. The van der Waals surface area contributed by atoms with Gasteiger partial charge in [0.15, 0.2) is 3.95 Å². The van der Waals surface area contributed by atoms with Crippen molar-refractivity contribution in [1.82, 2.24) is 14.7 Å². The van der Waals surface area contributed by atoms with E-state index in [0.717, 1.165) is 28.3 Å². The monoisotopic (exact) mass is 377 g/mol. The van der Waals surface area contributed by atoms with Crippen molar-refractivity contribution >= 4 is 34.5 Å². The molecule has 7 heteroatoms. The molecule has 0 aliphatic heterocycles. The van der Waals surface area contributed by atoms with Gasteiger partial charge in [-0.1, -0.05) is 25.1 Å². The predicted molar refractivity (Wildman–Crippen MR) is 104 cm³/mol. The first-order valence-electron chi connectivity index (χ1n) is 8.40. The molecule has 3 rings (SSSR count). The van der Waals surface area contributed by atoms with Crippen molar-refractivity contribution in [3.63, 3.8) is 0 Å². The number of benzene rings is 1. The molecule has 25 heavy (non-hydrogen) atoms. The van der Waals surface area contributed by atoms with E-state index in [9.17, 15) is 0 Å². The van der Waals surface area contributed by atoms with Crippen molar-refractivity contribution in [2.45, 2.75) is 46.5 Å². The molecule has 2 aromatic heterocycles. The summed E-state index contributed by atoms with van der Waals surface area (Å²) in [5, 5.41) is 6.27. The molecule has 0 N–H and O–H groups in total. The fourth-order valence-electron chi connectivity index (χ4n) is 2.78. The molecule has 3 aromatic rings. The summed E-state index contributed by atoms with van der Waals surface area (Å²) in [6.45, 7) is 7.47. The normalized spacial score (nSPS) is 11.8. The van der Waals surface area contributed by atoms with Gasteiger partial charge in [0.25, 0.3) is 5.19 Å². The Hall–Kier alpha value is -1.70. The number of fused-ring (bicyclic) bond motifs is 1. The van der Waals surface area contributed by atoms with E-state index in [4.69, 9.17) is 21.4 Å². The zero-order valence-electron chi connectivity index (χ0n) is 15.0. The largest absolute Gasteiger partial charge is 0.466 e. The van der Waals surface area contributed by atoms with Crippen LogP contribution in [-0.2, 0) is 19.6 Å². The van der Waals surface area contributed by atoms with Gasteiger partial charge in [0.1, 0.15) is 11.3 Å². The number of hydrogen-bond acceptors (Lipinski definition) is 6. The Balaban J connectivity index is 1.78. The molecule has 0 saturated heterocycles. The summed E-state index contributed by atoms with van der Waals surface area (Å²) in [6, 6.07) is 8.19. The first-order chi connectivity index (χ1) is 12.0. The second-order valence-corrected chi connectivity index (χ2v) is 7.89. The molecule has 0 atom stereocenters. The van der Waals surface area contributed by atoms with Crippen molar-refractivity contribution in [3.8, 4) is 5.19 Å². The van der Waals surface area contributed by atoms with Gasteiger partial charge in [-0.05, 0) is 50.5 Å². The van der Waals surface area contributed by atoms with Crippen LogP contribution in [0.4, 0.5) is 0 Å². The van der Waals surface area contributed by atoms with Gasteiger partial charge in [-0.3, -0.25) is 4.90 Å². The van der Waals surface area contributed by atoms with Crippen molar-refractivity contribution in [1.29, 1.82) is 0 Å². The molecule has 1 aromatic carbocycles. The van der Waals surface area contributed by atoms with Gasteiger partial charge in [0, 0.05) is 23.9 Å². The zero-order valence-corrected chi connectivity index (χ0v) is 16.6. The van der Waals surface area contributed by atoms with Gasteiger partial charge in [0.05, 0.1) is 12.8 Å². The van der Waals surface area contributed by atoms with Crippen LogP contribution in [0.2, 0.25) is 0 Å². The molecule has 0 aliphatic rings. The molecule has 0 bridgehead atoms. The van der Waals surface area contributed by atoms with Crippen LogP contribution in [0, 0.1) is 3.95 Å². The van der Waals surface area contributed by atoms with E-state index in [2.05, 4.69) is 30.0 Å². The summed E-state index contributed by atoms with van der Waals surface area (Å²) < 4.78 is 14.2. The summed E-state index contributed by atoms with van der Waals surface area (Å²) in [5.41, 5.74) is 2.18. The number of rotatable bonds is 7. The number of aromatic nitrogens is 2. The number of hydrogen-bond donors (Lipinski definition) is 0. The number of para-hydroxylation sites is 1. The molecule has 0 saturated carbocycles. The Morgan fingerprint density at radius 3 is 2.84 bits per heavy atom. The molecule has 0 spiro atoms. The average Bonchev–Trinajstić information content (AvgIpc) is 3.07. The second-order valence-electron chi connectivity index (χ2n) is 6.31. The van der Waals surface area contributed by atoms with Crippen molar-refractivity contribution in [2.75, 3.05) is 7.05 Å². The van der Waals surface area contributed by atoms with Gasteiger partial charge in [-0.25, -0.2) is 4.68 Å². The molecule has 0 aliphatic carbocycles. The Bertz CT molecular complexity index is 911. The molecular weight excluding hydrogens is 354 g/mol. The lowest BCUT2D eigenvalue weighted by molar-refractivity contribution is 0.218. The van der Waals surface area contributed by atoms with E-state index in [0.29, 0.717) is 11.9 Å². The van der Waals surface area contributed by atoms with Crippen LogP contribution in [0.1, 0.15) is 32.1 Å². The lowest BCUT2D eigenvalue weighted by atomic mass is 10.1. The summed E-state index contributed by atoms with van der Waals surface area (Å²) in [6.07, 6.45) is 0.969. The highest BCUT2D eigenvalue weighted by molar-refractivity contribution is 7.73. The SMILES string of the molecule is CCc1oc2ccccc2c1CN(C)Cn1nc(OC(C)C)sc1=S. The third-order valence-electron chi connectivity index (χ3n) is 3.83. The first-order valence-corrected chi connectivity index (χ1v) is 9.62. The molecule has 134 valence electrons. The molecular formula is C18H23N3O2S2. The fraction of sp³-hybridized carbons (Fsp3) is 0.444. The van der Waals surface area contributed by atoms with Crippen molar-refractivity contribution < 1.29 is 9.15 Å². The van der Waals surface area contributed by atoms with Gasteiger partial charge in [0.2, 0.25) is 0 Å². The van der Waals surface area contributed by atoms with Crippen LogP contribution >= 0.6 is 23.6 Å². The van der Waals surface area contributed by atoms with Crippen LogP contribution in [0.25, 0.3) is 11.0 Å². The highest BCUT2D eigenvalue weighted by Gasteiger charge is 2.15. The minimum Gasteiger partial charge on any atom is -0.466 e. The number of aryl methyl sites for hydroxylation is 1. The Morgan fingerprint density at radius 2 is 2.12 bits per heavy atom. The van der Waals surface area contributed by atoms with Crippen LogP contribution in [0.3, 0.4) is 0 Å². The molecule has 0 unspecified atom stereocenters. The van der Waals surface area contributed by atoms with E-state index in [1.807, 2.05) is 36.7 Å². The second kappa shape index (κ2) is 7.68. The first kappa shape index (κ1) is 18.1. The maximum atomic E-state index is 5.98. The zero-order chi connectivity index (χ0) is 18.0. The third kappa shape index (κ3) is 4.11. The van der Waals surface area contributed by atoms with E-state index in [1.54, 1.807) is 0 Å². The summed E-state index contributed by atoms with van der Waals surface area (Å²) in [5.74, 6) is 1.04. The molecule has 0 fully saturated rings. The molecule has 2 heterocycles. The Morgan fingerprint density at radius 1 is 1.36 bits per heavy atom. The van der Waals surface area contributed by atoms with Crippen LogP contribution in [0.15, 0.2) is 28.7 Å². The summed E-state index contributed by atoms with van der Waals surface area (Å²) in [4.78, 5) is 2.19.